The van der Waals surface area contributed by atoms with Crippen molar-refractivity contribution in [1.29, 1.82) is 0 Å². The molecular weight excluding hydrogens is 256 g/mol. The molecule has 1 atom stereocenters. The number of nitrogens with one attached hydrogen (secondary N) is 2. The third kappa shape index (κ3) is 2.31. The standard InChI is InChI=1S/C15H14N2O3/c18-15(19)14(17-8-10-4-3-7-20-10)12-9-16-13-6-2-1-5-11(12)13/h1-7,9,14,16-17H,8H2,(H,18,19). The van der Waals surface area contributed by atoms with Gasteiger partial charge in [0.25, 0.3) is 0 Å². The van der Waals surface area contributed by atoms with Crippen LogP contribution in [0.5, 0.6) is 0 Å². The molecule has 20 heavy (non-hydrogen) atoms. The summed E-state index contributed by atoms with van der Waals surface area (Å²) in [5, 5.41) is 13.3. The minimum absolute atomic E-state index is 0.365. The van der Waals surface area contributed by atoms with Crippen molar-refractivity contribution in [1.82, 2.24) is 10.3 Å². The lowest BCUT2D eigenvalue weighted by molar-refractivity contribution is -0.139. The summed E-state index contributed by atoms with van der Waals surface area (Å²) in [5.74, 6) is -0.211. The first-order valence-electron chi connectivity index (χ1n) is 6.30. The second-order valence-electron chi connectivity index (χ2n) is 4.52. The second kappa shape index (κ2) is 5.22. The molecule has 1 unspecified atom stereocenters. The summed E-state index contributed by atoms with van der Waals surface area (Å²) in [6.45, 7) is 0.365. The number of carboxylic acid groups (broad SMARTS) is 1. The summed E-state index contributed by atoms with van der Waals surface area (Å²) in [5.41, 5.74) is 1.65. The molecule has 0 saturated heterocycles. The molecule has 2 heterocycles. The fourth-order valence-electron chi connectivity index (χ4n) is 2.28. The van der Waals surface area contributed by atoms with E-state index in [4.69, 9.17) is 4.42 Å². The van der Waals surface area contributed by atoms with Gasteiger partial charge in [-0.05, 0) is 18.2 Å². The van der Waals surface area contributed by atoms with Crippen LogP contribution >= 0.6 is 0 Å². The van der Waals surface area contributed by atoms with E-state index in [9.17, 15) is 9.90 Å². The molecule has 0 bridgehead atoms. The molecule has 0 fully saturated rings. The van der Waals surface area contributed by atoms with Crippen molar-refractivity contribution in [3.63, 3.8) is 0 Å². The van der Waals surface area contributed by atoms with Crippen LogP contribution in [0, 0.1) is 0 Å². The first-order chi connectivity index (χ1) is 9.75. The molecule has 3 N–H and O–H groups in total. The van der Waals surface area contributed by atoms with Gasteiger partial charge in [0.2, 0.25) is 0 Å². The Balaban J connectivity index is 1.88. The number of aromatic amines is 1. The molecule has 102 valence electrons. The van der Waals surface area contributed by atoms with E-state index in [0.29, 0.717) is 12.3 Å². The van der Waals surface area contributed by atoms with Crippen LogP contribution in [0.4, 0.5) is 0 Å². The molecule has 0 saturated carbocycles. The molecule has 0 aliphatic carbocycles. The van der Waals surface area contributed by atoms with Gasteiger partial charge in [-0.2, -0.15) is 0 Å². The number of hydrogen-bond donors (Lipinski definition) is 3. The lowest BCUT2D eigenvalue weighted by atomic mass is 10.1. The van der Waals surface area contributed by atoms with Gasteiger partial charge in [-0.15, -0.1) is 0 Å². The topological polar surface area (TPSA) is 78.3 Å². The minimum atomic E-state index is -0.915. The van der Waals surface area contributed by atoms with Gasteiger partial charge < -0.3 is 14.5 Å². The summed E-state index contributed by atoms with van der Waals surface area (Å²) < 4.78 is 5.21. The number of carbonyl (C=O) groups is 1. The molecule has 1 aromatic carbocycles. The van der Waals surface area contributed by atoms with Crippen molar-refractivity contribution in [2.24, 2.45) is 0 Å². The van der Waals surface area contributed by atoms with Crippen molar-refractivity contribution < 1.29 is 14.3 Å². The van der Waals surface area contributed by atoms with Crippen molar-refractivity contribution in [2.45, 2.75) is 12.6 Å². The van der Waals surface area contributed by atoms with E-state index in [1.54, 1.807) is 24.6 Å². The van der Waals surface area contributed by atoms with Gasteiger partial charge in [0.05, 0.1) is 12.8 Å². The normalized spacial score (nSPS) is 12.6. The Kier molecular flexibility index (Phi) is 3.26. The summed E-state index contributed by atoms with van der Waals surface area (Å²) in [6, 6.07) is 10.4. The van der Waals surface area contributed by atoms with Crippen LogP contribution in [-0.4, -0.2) is 16.1 Å². The summed E-state index contributed by atoms with van der Waals surface area (Å²) in [6.07, 6.45) is 3.30. The number of para-hydroxylation sites is 1. The summed E-state index contributed by atoms with van der Waals surface area (Å²) in [7, 11) is 0. The molecule has 3 aromatic rings. The Bertz CT molecular complexity index is 716. The van der Waals surface area contributed by atoms with Crippen LogP contribution in [0.25, 0.3) is 10.9 Å². The lowest BCUT2D eigenvalue weighted by Gasteiger charge is -2.13. The van der Waals surface area contributed by atoms with Gasteiger partial charge in [0, 0.05) is 22.7 Å². The Labute approximate surface area is 115 Å². The van der Waals surface area contributed by atoms with Gasteiger partial charge in [0.1, 0.15) is 11.8 Å². The number of rotatable bonds is 5. The predicted octanol–water partition coefficient (Wildman–Crippen LogP) is 2.68. The number of H-pyrrole nitrogens is 1. The quantitative estimate of drug-likeness (QED) is 0.666. The van der Waals surface area contributed by atoms with Crippen molar-refractivity contribution in [3.8, 4) is 0 Å². The van der Waals surface area contributed by atoms with E-state index in [1.807, 2.05) is 24.3 Å². The molecule has 0 spiro atoms. The molecule has 3 rings (SSSR count). The highest BCUT2D eigenvalue weighted by Crippen LogP contribution is 2.24. The maximum Gasteiger partial charge on any atom is 0.325 e. The third-order valence-electron chi connectivity index (χ3n) is 3.24. The van der Waals surface area contributed by atoms with Gasteiger partial charge in [0.15, 0.2) is 0 Å². The Hall–Kier alpha value is -2.53. The largest absolute Gasteiger partial charge is 0.480 e. The molecule has 5 nitrogen and oxygen atoms in total. The smallest absolute Gasteiger partial charge is 0.325 e. The SMILES string of the molecule is O=C(O)C(NCc1ccco1)c1c[nH]c2ccccc12. The molecule has 2 aromatic heterocycles. The van der Waals surface area contributed by atoms with Crippen LogP contribution in [0.3, 0.4) is 0 Å². The zero-order valence-corrected chi connectivity index (χ0v) is 10.7. The predicted molar refractivity (Wildman–Crippen MR) is 74.2 cm³/mol. The monoisotopic (exact) mass is 270 g/mol. The van der Waals surface area contributed by atoms with Crippen molar-refractivity contribution in [3.05, 3.63) is 60.2 Å². The molecule has 0 aliphatic rings. The van der Waals surface area contributed by atoms with E-state index in [0.717, 1.165) is 16.5 Å². The number of aliphatic carboxylic acids is 1. The van der Waals surface area contributed by atoms with Crippen LogP contribution in [0.1, 0.15) is 17.4 Å². The van der Waals surface area contributed by atoms with Crippen LogP contribution in [0.15, 0.2) is 53.3 Å². The number of hydrogen-bond acceptors (Lipinski definition) is 3. The molecular formula is C15H14N2O3. The number of furan rings is 1. The number of benzene rings is 1. The third-order valence-corrected chi connectivity index (χ3v) is 3.24. The zero-order chi connectivity index (χ0) is 13.9. The maximum atomic E-state index is 11.5. The number of carboxylic acids is 1. The molecule has 0 radical (unpaired) electrons. The molecule has 5 heteroatoms. The van der Waals surface area contributed by atoms with E-state index < -0.39 is 12.0 Å². The fraction of sp³-hybridized carbons (Fsp3) is 0.133. The maximum absolute atomic E-state index is 11.5. The first-order valence-corrected chi connectivity index (χ1v) is 6.30. The van der Waals surface area contributed by atoms with Crippen molar-refractivity contribution >= 4 is 16.9 Å². The Morgan fingerprint density at radius 2 is 2.15 bits per heavy atom. The number of aromatic nitrogens is 1. The van der Waals surface area contributed by atoms with E-state index >= 15 is 0 Å². The number of fused-ring (bicyclic) bond motifs is 1. The first kappa shape index (κ1) is 12.5. The highest BCUT2D eigenvalue weighted by Gasteiger charge is 2.22. The average Bonchev–Trinajstić information content (AvgIpc) is 3.08. The summed E-state index contributed by atoms with van der Waals surface area (Å²) in [4.78, 5) is 14.6. The van der Waals surface area contributed by atoms with Crippen molar-refractivity contribution in [2.75, 3.05) is 0 Å². The highest BCUT2D eigenvalue weighted by molar-refractivity contribution is 5.89. The lowest BCUT2D eigenvalue weighted by Crippen LogP contribution is -2.27. The Morgan fingerprint density at radius 1 is 1.30 bits per heavy atom. The van der Waals surface area contributed by atoms with Gasteiger partial charge in [-0.1, -0.05) is 18.2 Å². The van der Waals surface area contributed by atoms with E-state index in [2.05, 4.69) is 10.3 Å². The zero-order valence-electron chi connectivity index (χ0n) is 10.7. The minimum Gasteiger partial charge on any atom is -0.480 e. The average molecular weight is 270 g/mol. The van der Waals surface area contributed by atoms with Gasteiger partial charge in [-0.25, -0.2) is 0 Å². The molecule has 0 aliphatic heterocycles. The van der Waals surface area contributed by atoms with Crippen LogP contribution in [0.2, 0.25) is 0 Å². The van der Waals surface area contributed by atoms with E-state index in [-0.39, 0.29) is 0 Å². The van der Waals surface area contributed by atoms with Crippen LogP contribution < -0.4 is 5.32 Å². The summed E-state index contributed by atoms with van der Waals surface area (Å²) >= 11 is 0. The van der Waals surface area contributed by atoms with E-state index in [1.165, 1.54) is 0 Å². The van der Waals surface area contributed by atoms with Gasteiger partial charge in [-0.3, -0.25) is 10.1 Å². The fourth-order valence-corrected chi connectivity index (χ4v) is 2.28. The highest BCUT2D eigenvalue weighted by atomic mass is 16.4. The molecule has 0 amide bonds. The second-order valence-corrected chi connectivity index (χ2v) is 4.52. The Morgan fingerprint density at radius 3 is 2.90 bits per heavy atom. The van der Waals surface area contributed by atoms with Crippen LogP contribution in [-0.2, 0) is 11.3 Å². The van der Waals surface area contributed by atoms with Gasteiger partial charge >= 0.3 is 5.97 Å².